The smallest absolute Gasteiger partial charge is 0.223 e. The number of carbonyl (C=O) groups excluding carboxylic acids is 1. The van der Waals surface area contributed by atoms with Crippen LogP contribution >= 0.6 is 0 Å². The summed E-state index contributed by atoms with van der Waals surface area (Å²) in [6.45, 7) is 1.29. The minimum absolute atomic E-state index is 0.00449. The summed E-state index contributed by atoms with van der Waals surface area (Å²) in [5, 5.41) is 9.19. The van der Waals surface area contributed by atoms with E-state index in [2.05, 4.69) is 12.1 Å². The van der Waals surface area contributed by atoms with E-state index in [1.54, 1.807) is 7.11 Å². The quantitative estimate of drug-likeness (QED) is 0.617. The molecule has 0 saturated carbocycles. The molecule has 5 heteroatoms. The van der Waals surface area contributed by atoms with Gasteiger partial charge in [0.25, 0.3) is 0 Å². The number of likely N-dealkylation sites (tertiary alicyclic amines) is 1. The SMILES string of the molecule is COc1ccc(CN2C(=O)CC[C@H](OCc3ccccc3)[C@H]2CCCCO)cc1. The lowest BCUT2D eigenvalue weighted by atomic mass is 9.93. The van der Waals surface area contributed by atoms with Crippen molar-refractivity contribution >= 4 is 5.91 Å². The molecule has 0 bridgehead atoms. The third kappa shape index (κ3) is 6.05. The second-order valence-corrected chi connectivity index (χ2v) is 7.53. The van der Waals surface area contributed by atoms with Gasteiger partial charge in [0.1, 0.15) is 5.75 Å². The molecule has 2 aromatic rings. The number of amides is 1. The van der Waals surface area contributed by atoms with Crippen molar-refractivity contribution < 1.29 is 19.4 Å². The van der Waals surface area contributed by atoms with Crippen molar-refractivity contribution in [3.63, 3.8) is 0 Å². The first kappa shape index (κ1) is 21.3. The van der Waals surface area contributed by atoms with Gasteiger partial charge in [0.2, 0.25) is 5.91 Å². The summed E-state index contributed by atoms with van der Waals surface area (Å²) in [5.74, 6) is 0.983. The fourth-order valence-corrected chi connectivity index (χ4v) is 3.90. The third-order valence-electron chi connectivity index (χ3n) is 5.52. The Labute approximate surface area is 173 Å². The van der Waals surface area contributed by atoms with E-state index in [0.29, 0.717) is 19.6 Å². The average Bonchev–Trinajstić information content (AvgIpc) is 2.76. The van der Waals surface area contributed by atoms with Crippen LogP contribution in [-0.4, -0.2) is 41.8 Å². The van der Waals surface area contributed by atoms with Crippen molar-refractivity contribution in [1.29, 1.82) is 0 Å². The van der Waals surface area contributed by atoms with E-state index in [4.69, 9.17) is 9.47 Å². The Morgan fingerprint density at radius 2 is 1.79 bits per heavy atom. The van der Waals surface area contributed by atoms with E-state index in [-0.39, 0.29) is 24.7 Å². The van der Waals surface area contributed by atoms with Gasteiger partial charge >= 0.3 is 0 Å². The first-order chi connectivity index (χ1) is 14.2. The number of ether oxygens (including phenoxy) is 2. The van der Waals surface area contributed by atoms with E-state index in [9.17, 15) is 9.90 Å². The van der Waals surface area contributed by atoms with Crippen LogP contribution in [0.15, 0.2) is 54.6 Å². The average molecular weight is 398 g/mol. The van der Waals surface area contributed by atoms with Crippen LogP contribution < -0.4 is 4.74 Å². The highest BCUT2D eigenvalue weighted by molar-refractivity contribution is 5.77. The largest absolute Gasteiger partial charge is 0.497 e. The molecule has 2 aromatic carbocycles. The van der Waals surface area contributed by atoms with E-state index >= 15 is 0 Å². The van der Waals surface area contributed by atoms with E-state index in [0.717, 1.165) is 42.6 Å². The predicted molar refractivity (Wildman–Crippen MR) is 113 cm³/mol. The number of piperidine rings is 1. The minimum Gasteiger partial charge on any atom is -0.497 e. The lowest BCUT2D eigenvalue weighted by molar-refractivity contribution is -0.147. The number of aliphatic hydroxyl groups excluding tert-OH is 1. The standard InChI is InChI=1S/C24H31NO4/c1-28-21-12-10-19(11-13-21)17-25-22(9-5-6-16-26)23(14-15-24(25)27)29-18-20-7-3-2-4-8-20/h2-4,7-8,10-13,22-23,26H,5-6,9,14-18H2,1H3/t22-,23+/m1/s1. The maximum Gasteiger partial charge on any atom is 0.223 e. The molecule has 1 aliphatic heterocycles. The fourth-order valence-electron chi connectivity index (χ4n) is 3.90. The molecule has 1 fully saturated rings. The molecule has 1 amide bonds. The lowest BCUT2D eigenvalue weighted by Gasteiger charge is -2.41. The van der Waals surface area contributed by atoms with Crippen LogP contribution in [-0.2, 0) is 22.7 Å². The summed E-state index contributed by atoms with van der Waals surface area (Å²) < 4.78 is 11.5. The van der Waals surface area contributed by atoms with Crippen molar-refractivity contribution in [2.24, 2.45) is 0 Å². The molecule has 29 heavy (non-hydrogen) atoms. The third-order valence-corrected chi connectivity index (χ3v) is 5.52. The number of rotatable bonds is 10. The van der Waals surface area contributed by atoms with Gasteiger partial charge in [0.05, 0.1) is 25.9 Å². The number of nitrogens with zero attached hydrogens (tertiary/aromatic N) is 1. The molecule has 0 aliphatic carbocycles. The molecule has 2 atom stereocenters. The normalized spacial score (nSPS) is 19.4. The number of aliphatic hydroxyl groups is 1. The van der Waals surface area contributed by atoms with Gasteiger partial charge in [-0.1, -0.05) is 42.5 Å². The predicted octanol–water partition coefficient (Wildman–Crippen LogP) is 3.93. The van der Waals surface area contributed by atoms with Gasteiger partial charge in [-0.3, -0.25) is 4.79 Å². The van der Waals surface area contributed by atoms with Crippen LogP contribution in [0.1, 0.15) is 43.2 Å². The highest BCUT2D eigenvalue weighted by Crippen LogP contribution is 2.28. The Bertz CT molecular complexity index is 747. The molecular weight excluding hydrogens is 366 g/mol. The van der Waals surface area contributed by atoms with Gasteiger partial charge in [0.15, 0.2) is 0 Å². The zero-order chi connectivity index (χ0) is 20.5. The molecular formula is C24H31NO4. The summed E-state index contributed by atoms with van der Waals surface area (Å²) in [6, 6.07) is 18.0. The first-order valence-corrected chi connectivity index (χ1v) is 10.4. The maximum atomic E-state index is 12.8. The zero-order valence-corrected chi connectivity index (χ0v) is 17.1. The van der Waals surface area contributed by atoms with Crippen LogP contribution in [0.25, 0.3) is 0 Å². The molecule has 3 rings (SSSR count). The molecule has 5 nitrogen and oxygen atoms in total. The summed E-state index contributed by atoms with van der Waals surface area (Å²) in [7, 11) is 1.65. The summed E-state index contributed by atoms with van der Waals surface area (Å²) in [6.07, 6.45) is 3.71. The number of benzene rings is 2. The minimum atomic E-state index is 0.00449. The summed E-state index contributed by atoms with van der Waals surface area (Å²) in [4.78, 5) is 14.8. The molecule has 1 saturated heterocycles. The van der Waals surface area contributed by atoms with Crippen LogP contribution in [0.3, 0.4) is 0 Å². The number of unbranched alkanes of at least 4 members (excludes halogenated alkanes) is 1. The Balaban J connectivity index is 1.71. The van der Waals surface area contributed by atoms with Crippen LogP contribution in [0, 0.1) is 0 Å². The van der Waals surface area contributed by atoms with Gasteiger partial charge in [-0.15, -0.1) is 0 Å². The van der Waals surface area contributed by atoms with Gasteiger partial charge in [-0.2, -0.15) is 0 Å². The number of carbonyl (C=O) groups is 1. The molecule has 156 valence electrons. The Hall–Kier alpha value is -2.37. The van der Waals surface area contributed by atoms with Crippen molar-refractivity contribution in [3.8, 4) is 5.75 Å². The highest BCUT2D eigenvalue weighted by Gasteiger charge is 2.36. The second kappa shape index (κ2) is 11.0. The van der Waals surface area contributed by atoms with Gasteiger partial charge in [0, 0.05) is 19.6 Å². The topological polar surface area (TPSA) is 59.0 Å². The van der Waals surface area contributed by atoms with Crippen molar-refractivity contribution in [2.75, 3.05) is 13.7 Å². The molecule has 0 aromatic heterocycles. The van der Waals surface area contributed by atoms with E-state index in [1.807, 2.05) is 47.4 Å². The molecule has 1 heterocycles. The first-order valence-electron chi connectivity index (χ1n) is 10.4. The fraction of sp³-hybridized carbons (Fsp3) is 0.458. The van der Waals surface area contributed by atoms with E-state index < -0.39 is 0 Å². The highest BCUT2D eigenvalue weighted by atomic mass is 16.5. The van der Waals surface area contributed by atoms with Crippen LogP contribution in [0.4, 0.5) is 0 Å². The molecule has 0 spiro atoms. The second-order valence-electron chi connectivity index (χ2n) is 7.53. The maximum absolute atomic E-state index is 12.8. The number of hydrogen-bond acceptors (Lipinski definition) is 4. The number of hydrogen-bond donors (Lipinski definition) is 1. The number of methoxy groups -OCH3 is 1. The summed E-state index contributed by atoms with van der Waals surface area (Å²) in [5.41, 5.74) is 2.22. The molecule has 0 radical (unpaired) electrons. The molecule has 0 unspecified atom stereocenters. The summed E-state index contributed by atoms with van der Waals surface area (Å²) >= 11 is 0. The van der Waals surface area contributed by atoms with E-state index in [1.165, 1.54) is 0 Å². The van der Waals surface area contributed by atoms with Crippen LogP contribution in [0.5, 0.6) is 5.75 Å². The molecule has 1 N–H and O–H groups in total. The Morgan fingerprint density at radius 1 is 1.03 bits per heavy atom. The van der Waals surface area contributed by atoms with Gasteiger partial charge in [-0.05, 0) is 48.9 Å². The molecule has 1 aliphatic rings. The Kier molecular flexibility index (Phi) is 8.08. The van der Waals surface area contributed by atoms with Gasteiger partial charge < -0.3 is 19.5 Å². The van der Waals surface area contributed by atoms with Crippen molar-refractivity contribution in [2.45, 2.75) is 57.4 Å². The van der Waals surface area contributed by atoms with Crippen molar-refractivity contribution in [3.05, 3.63) is 65.7 Å². The van der Waals surface area contributed by atoms with Crippen molar-refractivity contribution in [1.82, 2.24) is 4.90 Å². The zero-order valence-electron chi connectivity index (χ0n) is 17.1. The van der Waals surface area contributed by atoms with Crippen LogP contribution in [0.2, 0.25) is 0 Å². The van der Waals surface area contributed by atoms with Gasteiger partial charge in [-0.25, -0.2) is 0 Å². The lowest BCUT2D eigenvalue weighted by Crippen LogP contribution is -2.51. The Morgan fingerprint density at radius 3 is 2.48 bits per heavy atom. The monoisotopic (exact) mass is 397 g/mol.